The number of thiazole rings is 1. The molecule has 23 heavy (non-hydrogen) atoms. The van der Waals surface area contributed by atoms with E-state index in [9.17, 15) is 9.59 Å². The Morgan fingerprint density at radius 3 is 2.78 bits per heavy atom. The lowest BCUT2D eigenvalue weighted by Crippen LogP contribution is -2.44. The van der Waals surface area contributed by atoms with E-state index in [1.54, 1.807) is 28.6 Å². The van der Waals surface area contributed by atoms with Crippen LogP contribution in [0.4, 0.5) is 0 Å². The summed E-state index contributed by atoms with van der Waals surface area (Å²) in [4.78, 5) is 30.3. The van der Waals surface area contributed by atoms with Crippen LogP contribution in [0.3, 0.4) is 0 Å². The summed E-state index contributed by atoms with van der Waals surface area (Å²) >= 11 is 1.47. The van der Waals surface area contributed by atoms with Crippen LogP contribution in [-0.4, -0.2) is 41.5 Å². The summed E-state index contributed by atoms with van der Waals surface area (Å²) in [5.41, 5.74) is 3.05. The number of piperidine rings is 1. The quantitative estimate of drug-likeness (QED) is 0.811. The van der Waals surface area contributed by atoms with Crippen LogP contribution in [0.5, 0.6) is 0 Å². The van der Waals surface area contributed by atoms with Gasteiger partial charge < -0.3 is 9.64 Å². The number of benzene rings is 1. The second kappa shape index (κ2) is 6.66. The SMILES string of the molecule is C[C@@H]1C[C@H](C)CN(C(=O)COC(=O)c2ccc3ncsc3c2)C1. The van der Waals surface area contributed by atoms with Crippen LogP contribution in [0.2, 0.25) is 0 Å². The Bertz CT molecular complexity index is 717. The first-order valence-electron chi connectivity index (χ1n) is 7.81. The summed E-state index contributed by atoms with van der Waals surface area (Å²) in [7, 11) is 0. The van der Waals surface area contributed by atoms with Crippen molar-refractivity contribution in [1.82, 2.24) is 9.88 Å². The minimum absolute atomic E-state index is 0.115. The maximum absolute atomic E-state index is 12.2. The third kappa shape index (κ3) is 3.69. The van der Waals surface area contributed by atoms with Crippen molar-refractivity contribution in [2.45, 2.75) is 20.3 Å². The molecular formula is C17H20N2O3S. The number of nitrogens with zero attached hydrogens (tertiary/aromatic N) is 2. The topological polar surface area (TPSA) is 59.5 Å². The third-order valence-electron chi connectivity index (χ3n) is 4.12. The monoisotopic (exact) mass is 332 g/mol. The summed E-state index contributed by atoms with van der Waals surface area (Å²) in [6, 6.07) is 5.23. The van der Waals surface area contributed by atoms with Crippen molar-refractivity contribution < 1.29 is 14.3 Å². The number of fused-ring (bicyclic) bond motifs is 1. The molecule has 0 aliphatic carbocycles. The summed E-state index contributed by atoms with van der Waals surface area (Å²) < 4.78 is 6.13. The molecule has 0 spiro atoms. The fourth-order valence-corrected chi connectivity index (χ4v) is 3.87. The van der Waals surface area contributed by atoms with Gasteiger partial charge in [-0.25, -0.2) is 9.78 Å². The lowest BCUT2D eigenvalue weighted by Gasteiger charge is -2.34. The van der Waals surface area contributed by atoms with E-state index in [0.717, 1.165) is 29.7 Å². The van der Waals surface area contributed by atoms with Crippen LogP contribution in [0.25, 0.3) is 10.2 Å². The Morgan fingerprint density at radius 2 is 2.04 bits per heavy atom. The molecule has 2 atom stereocenters. The van der Waals surface area contributed by atoms with Crippen molar-refractivity contribution in [3.63, 3.8) is 0 Å². The molecule has 0 saturated carbocycles. The van der Waals surface area contributed by atoms with E-state index in [1.807, 2.05) is 0 Å². The number of esters is 1. The van der Waals surface area contributed by atoms with Gasteiger partial charge in [0.15, 0.2) is 6.61 Å². The van der Waals surface area contributed by atoms with Gasteiger partial charge in [-0.3, -0.25) is 4.79 Å². The van der Waals surface area contributed by atoms with E-state index < -0.39 is 5.97 Å². The van der Waals surface area contributed by atoms with Gasteiger partial charge in [-0.15, -0.1) is 11.3 Å². The van der Waals surface area contributed by atoms with Crippen LogP contribution in [-0.2, 0) is 9.53 Å². The Hall–Kier alpha value is -1.95. The van der Waals surface area contributed by atoms with E-state index in [1.165, 1.54) is 11.3 Å². The van der Waals surface area contributed by atoms with Gasteiger partial charge in [0.1, 0.15) is 0 Å². The van der Waals surface area contributed by atoms with Crippen molar-refractivity contribution >= 4 is 33.4 Å². The van der Waals surface area contributed by atoms with E-state index in [2.05, 4.69) is 18.8 Å². The van der Waals surface area contributed by atoms with Crippen LogP contribution < -0.4 is 0 Å². The third-order valence-corrected chi connectivity index (χ3v) is 4.91. The molecule has 122 valence electrons. The summed E-state index contributed by atoms with van der Waals surface area (Å²) in [6.07, 6.45) is 1.14. The van der Waals surface area contributed by atoms with Gasteiger partial charge in [0, 0.05) is 13.1 Å². The predicted molar refractivity (Wildman–Crippen MR) is 89.4 cm³/mol. The average molecular weight is 332 g/mol. The fraction of sp³-hybridized carbons (Fsp3) is 0.471. The Labute approximate surface area is 139 Å². The normalized spacial score (nSPS) is 21.4. The molecule has 1 aromatic carbocycles. The molecule has 0 N–H and O–H groups in total. The number of hydrogen-bond acceptors (Lipinski definition) is 5. The minimum atomic E-state index is -0.466. The lowest BCUT2D eigenvalue weighted by molar-refractivity contribution is -0.137. The molecule has 2 aromatic rings. The molecular weight excluding hydrogens is 312 g/mol. The summed E-state index contributed by atoms with van der Waals surface area (Å²) in [5, 5.41) is 0. The van der Waals surface area contributed by atoms with Crippen molar-refractivity contribution in [2.75, 3.05) is 19.7 Å². The molecule has 0 unspecified atom stereocenters. The maximum atomic E-state index is 12.2. The number of amides is 1. The van der Waals surface area contributed by atoms with Gasteiger partial charge in [-0.2, -0.15) is 0 Å². The number of rotatable bonds is 3. The summed E-state index contributed by atoms with van der Waals surface area (Å²) in [5.74, 6) is 0.404. The van der Waals surface area contributed by atoms with Gasteiger partial charge in [-0.05, 0) is 36.5 Å². The minimum Gasteiger partial charge on any atom is -0.452 e. The molecule has 1 saturated heterocycles. The number of likely N-dealkylation sites (tertiary alicyclic amines) is 1. The predicted octanol–water partition coefficient (Wildman–Crippen LogP) is 2.96. The molecule has 0 bridgehead atoms. The highest BCUT2D eigenvalue weighted by molar-refractivity contribution is 7.16. The van der Waals surface area contributed by atoms with Crippen molar-refractivity contribution in [3.8, 4) is 0 Å². The molecule has 0 radical (unpaired) electrons. The Kier molecular flexibility index (Phi) is 4.61. The zero-order valence-corrected chi connectivity index (χ0v) is 14.1. The zero-order chi connectivity index (χ0) is 16.4. The van der Waals surface area contributed by atoms with Crippen LogP contribution in [0.1, 0.15) is 30.6 Å². The molecule has 2 heterocycles. The second-order valence-corrected chi connectivity index (χ2v) is 7.24. The second-order valence-electron chi connectivity index (χ2n) is 6.36. The first-order valence-corrected chi connectivity index (χ1v) is 8.69. The van der Waals surface area contributed by atoms with Crippen molar-refractivity contribution in [1.29, 1.82) is 0 Å². The number of aromatic nitrogens is 1. The first kappa shape index (κ1) is 15.9. The molecule has 1 aliphatic heterocycles. The van der Waals surface area contributed by atoms with Gasteiger partial charge in [0.05, 0.1) is 21.3 Å². The lowest BCUT2D eigenvalue weighted by atomic mass is 9.92. The average Bonchev–Trinajstić information content (AvgIpc) is 2.98. The fourth-order valence-electron chi connectivity index (χ4n) is 3.15. The van der Waals surface area contributed by atoms with E-state index >= 15 is 0 Å². The van der Waals surface area contributed by atoms with E-state index in [4.69, 9.17) is 4.74 Å². The molecule has 3 rings (SSSR count). The number of carbonyl (C=O) groups excluding carboxylic acids is 2. The van der Waals surface area contributed by atoms with Crippen LogP contribution in [0, 0.1) is 11.8 Å². The van der Waals surface area contributed by atoms with Gasteiger partial charge in [0.2, 0.25) is 0 Å². The number of ether oxygens (including phenoxy) is 1. The molecule has 5 nitrogen and oxygen atoms in total. The number of carbonyl (C=O) groups is 2. The van der Waals surface area contributed by atoms with Gasteiger partial charge in [-0.1, -0.05) is 13.8 Å². The standard InChI is InChI=1S/C17H20N2O3S/c1-11-5-12(2)8-19(7-11)16(20)9-22-17(21)13-3-4-14-15(6-13)23-10-18-14/h3-4,6,10-12H,5,7-9H2,1-2H3/t11-,12+. The van der Waals surface area contributed by atoms with Gasteiger partial charge >= 0.3 is 5.97 Å². The van der Waals surface area contributed by atoms with Gasteiger partial charge in [0.25, 0.3) is 5.91 Å². The molecule has 6 heteroatoms. The first-order chi connectivity index (χ1) is 11.0. The van der Waals surface area contributed by atoms with Crippen LogP contribution >= 0.6 is 11.3 Å². The Morgan fingerprint density at radius 1 is 1.30 bits per heavy atom. The molecule has 1 amide bonds. The maximum Gasteiger partial charge on any atom is 0.338 e. The van der Waals surface area contributed by atoms with E-state index in [-0.39, 0.29) is 12.5 Å². The molecule has 1 aliphatic rings. The molecule has 1 aromatic heterocycles. The summed E-state index contributed by atoms with van der Waals surface area (Å²) in [6.45, 7) is 5.58. The zero-order valence-electron chi connectivity index (χ0n) is 13.3. The van der Waals surface area contributed by atoms with Crippen molar-refractivity contribution in [3.05, 3.63) is 29.3 Å². The highest BCUT2D eigenvalue weighted by Gasteiger charge is 2.26. The Balaban J connectivity index is 1.58. The largest absolute Gasteiger partial charge is 0.452 e. The van der Waals surface area contributed by atoms with E-state index in [0.29, 0.717) is 17.4 Å². The highest BCUT2D eigenvalue weighted by Crippen LogP contribution is 2.21. The molecule has 1 fully saturated rings. The van der Waals surface area contributed by atoms with Crippen LogP contribution in [0.15, 0.2) is 23.7 Å². The number of hydrogen-bond donors (Lipinski definition) is 0. The van der Waals surface area contributed by atoms with Crippen molar-refractivity contribution in [2.24, 2.45) is 11.8 Å². The smallest absolute Gasteiger partial charge is 0.338 e. The highest BCUT2D eigenvalue weighted by atomic mass is 32.1.